The van der Waals surface area contributed by atoms with Crippen molar-refractivity contribution in [2.45, 2.75) is 25.4 Å². The SMILES string of the molecule is Cn1nc2c3cc(-c4ccccc4)c(-c4ccc(CN5CCC(Nc6ccnc(C#N)n6)CC5)cc4)nc3ccn2c1=O. The highest BCUT2D eigenvalue weighted by molar-refractivity contribution is 5.98. The van der Waals surface area contributed by atoms with E-state index in [0.717, 1.165) is 65.8 Å². The van der Waals surface area contributed by atoms with Crippen LogP contribution in [0.15, 0.2) is 90.0 Å². The van der Waals surface area contributed by atoms with Crippen molar-refractivity contribution >= 4 is 22.4 Å². The molecule has 6 aromatic rings. The Morgan fingerprint density at radius 3 is 2.53 bits per heavy atom. The van der Waals surface area contributed by atoms with Crippen LogP contribution in [0.3, 0.4) is 0 Å². The van der Waals surface area contributed by atoms with Crippen LogP contribution in [0, 0.1) is 11.3 Å². The topological polar surface area (TPSA) is 117 Å². The third-order valence-corrected chi connectivity index (χ3v) is 8.04. The van der Waals surface area contributed by atoms with E-state index in [4.69, 9.17) is 10.2 Å². The van der Waals surface area contributed by atoms with Crippen molar-refractivity contribution < 1.29 is 0 Å². The second kappa shape index (κ2) is 11.1. The number of hydrogen-bond acceptors (Lipinski definition) is 8. The normalized spacial score (nSPS) is 14.2. The Kier molecular flexibility index (Phi) is 6.85. The zero-order chi connectivity index (χ0) is 29.3. The molecule has 0 spiro atoms. The summed E-state index contributed by atoms with van der Waals surface area (Å²) in [6.45, 7) is 2.83. The van der Waals surface area contributed by atoms with Gasteiger partial charge < -0.3 is 5.32 Å². The van der Waals surface area contributed by atoms with Gasteiger partial charge in [0.2, 0.25) is 5.82 Å². The Balaban J connectivity index is 1.12. The highest BCUT2D eigenvalue weighted by Gasteiger charge is 2.20. The quantitative estimate of drug-likeness (QED) is 0.309. The number of pyridine rings is 2. The molecule has 0 bridgehead atoms. The maximum absolute atomic E-state index is 12.5. The summed E-state index contributed by atoms with van der Waals surface area (Å²) in [5.74, 6) is 0.888. The first kappa shape index (κ1) is 26.5. The summed E-state index contributed by atoms with van der Waals surface area (Å²) in [6, 6.07) is 27.0. The second-order valence-corrected chi connectivity index (χ2v) is 10.9. The van der Waals surface area contributed by atoms with Gasteiger partial charge in [-0.05, 0) is 42.2 Å². The molecule has 10 heteroatoms. The average molecular weight is 568 g/mol. The highest BCUT2D eigenvalue weighted by atomic mass is 16.2. The van der Waals surface area contributed by atoms with Crippen LogP contribution in [0.4, 0.5) is 5.82 Å². The molecule has 4 aromatic heterocycles. The first-order valence-electron chi connectivity index (χ1n) is 14.3. The van der Waals surface area contributed by atoms with Gasteiger partial charge in [-0.25, -0.2) is 28.8 Å². The Hall–Kier alpha value is -5.40. The Labute approximate surface area is 247 Å². The first-order chi connectivity index (χ1) is 21.1. The molecule has 2 aromatic carbocycles. The molecule has 1 aliphatic rings. The largest absolute Gasteiger partial charge is 0.367 e. The summed E-state index contributed by atoms with van der Waals surface area (Å²) in [5, 5.41) is 17.8. The summed E-state index contributed by atoms with van der Waals surface area (Å²) >= 11 is 0. The first-order valence-corrected chi connectivity index (χ1v) is 14.3. The van der Waals surface area contributed by atoms with Gasteiger partial charge in [-0.1, -0.05) is 54.6 Å². The predicted octanol–water partition coefficient (Wildman–Crippen LogP) is 4.65. The fourth-order valence-corrected chi connectivity index (χ4v) is 5.80. The number of aromatic nitrogens is 6. The molecule has 10 nitrogen and oxygen atoms in total. The van der Waals surface area contributed by atoms with Gasteiger partial charge in [0.05, 0.1) is 11.2 Å². The van der Waals surface area contributed by atoms with Crippen molar-refractivity contribution in [2.75, 3.05) is 18.4 Å². The lowest BCUT2D eigenvalue weighted by atomic mass is 9.97. The van der Waals surface area contributed by atoms with E-state index in [0.29, 0.717) is 17.5 Å². The number of benzene rings is 2. The average Bonchev–Trinajstić information content (AvgIpc) is 3.35. The lowest BCUT2D eigenvalue weighted by Gasteiger charge is -2.32. The highest BCUT2D eigenvalue weighted by Crippen LogP contribution is 2.34. The monoisotopic (exact) mass is 567 g/mol. The van der Waals surface area contributed by atoms with Crippen molar-refractivity contribution in [3.8, 4) is 28.5 Å². The molecule has 1 aliphatic heterocycles. The van der Waals surface area contributed by atoms with E-state index >= 15 is 0 Å². The van der Waals surface area contributed by atoms with Gasteiger partial charge in [-0.2, -0.15) is 5.26 Å². The third-order valence-electron chi connectivity index (χ3n) is 8.04. The maximum Gasteiger partial charge on any atom is 0.350 e. The fraction of sp³-hybridized carbons (Fsp3) is 0.212. The van der Waals surface area contributed by atoms with Crippen molar-refractivity contribution in [3.63, 3.8) is 0 Å². The summed E-state index contributed by atoms with van der Waals surface area (Å²) in [7, 11) is 1.66. The number of nitrogens with zero attached hydrogens (tertiary/aromatic N) is 8. The summed E-state index contributed by atoms with van der Waals surface area (Å²) in [5.41, 5.74) is 6.43. The zero-order valence-electron chi connectivity index (χ0n) is 23.7. The van der Waals surface area contributed by atoms with Gasteiger partial charge in [0.25, 0.3) is 0 Å². The minimum atomic E-state index is -0.182. The molecule has 212 valence electrons. The van der Waals surface area contributed by atoms with Crippen LogP contribution < -0.4 is 11.0 Å². The number of fused-ring (bicyclic) bond motifs is 3. The van der Waals surface area contributed by atoms with Gasteiger partial charge in [-0.15, -0.1) is 5.10 Å². The number of aryl methyl sites for hydroxylation is 1. The standard InChI is InChI=1S/C33H29N9O/c1-40-33(43)42-18-14-28-27(32(42)39-40)19-26(23-5-3-2-4-6-23)31(37-28)24-9-7-22(8-10-24)21-41-16-12-25(13-17-41)36-29-11-15-35-30(20-34)38-29/h2-11,14-15,18-19,25H,12-13,16-17,21H2,1H3,(H,35,36,38). The van der Waals surface area contributed by atoms with E-state index in [1.807, 2.05) is 36.4 Å². The van der Waals surface area contributed by atoms with Gasteiger partial charge in [0.15, 0.2) is 5.65 Å². The maximum atomic E-state index is 12.5. The molecular formula is C33H29N9O. The number of anilines is 1. The Bertz CT molecular complexity index is 2030. The van der Waals surface area contributed by atoms with E-state index in [1.54, 1.807) is 23.8 Å². The minimum absolute atomic E-state index is 0.182. The number of likely N-dealkylation sites (tertiary alicyclic amines) is 1. The van der Waals surface area contributed by atoms with E-state index in [1.165, 1.54) is 10.2 Å². The smallest absolute Gasteiger partial charge is 0.350 e. The Morgan fingerprint density at radius 2 is 1.77 bits per heavy atom. The van der Waals surface area contributed by atoms with E-state index in [-0.39, 0.29) is 11.5 Å². The van der Waals surface area contributed by atoms with Crippen LogP contribution in [0.2, 0.25) is 0 Å². The molecule has 0 amide bonds. The third kappa shape index (κ3) is 5.22. The molecule has 0 atom stereocenters. The van der Waals surface area contributed by atoms with Crippen LogP contribution in [-0.4, -0.2) is 53.2 Å². The molecule has 0 unspecified atom stereocenters. The lowest BCUT2D eigenvalue weighted by molar-refractivity contribution is 0.211. The number of hydrogen-bond donors (Lipinski definition) is 1. The minimum Gasteiger partial charge on any atom is -0.367 e. The molecule has 1 fully saturated rings. The van der Waals surface area contributed by atoms with E-state index < -0.39 is 0 Å². The second-order valence-electron chi connectivity index (χ2n) is 10.9. The molecule has 0 saturated carbocycles. The number of piperidine rings is 1. The van der Waals surface area contributed by atoms with Crippen LogP contribution in [0.1, 0.15) is 24.2 Å². The van der Waals surface area contributed by atoms with Crippen molar-refractivity contribution in [2.24, 2.45) is 7.05 Å². The Morgan fingerprint density at radius 1 is 0.977 bits per heavy atom. The van der Waals surface area contributed by atoms with Crippen LogP contribution in [-0.2, 0) is 13.6 Å². The van der Waals surface area contributed by atoms with Crippen LogP contribution in [0.5, 0.6) is 0 Å². The van der Waals surface area contributed by atoms with Gasteiger partial charge in [0, 0.05) is 61.6 Å². The number of nitriles is 1. The number of nitrogens with one attached hydrogen (secondary N) is 1. The fourth-order valence-electron chi connectivity index (χ4n) is 5.80. The zero-order valence-corrected chi connectivity index (χ0v) is 23.7. The van der Waals surface area contributed by atoms with Gasteiger partial charge >= 0.3 is 5.69 Å². The molecule has 0 radical (unpaired) electrons. The summed E-state index contributed by atoms with van der Waals surface area (Å²) in [6.07, 6.45) is 5.36. The molecular weight excluding hydrogens is 538 g/mol. The molecule has 1 saturated heterocycles. The van der Waals surface area contributed by atoms with E-state index in [2.05, 4.69) is 67.7 Å². The molecule has 1 N–H and O–H groups in total. The predicted molar refractivity (Wildman–Crippen MR) is 165 cm³/mol. The van der Waals surface area contributed by atoms with Gasteiger partial charge in [-0.3, -0.25) is 4.90 Å². The van der Waals surface area contributed by atoms with Crippen molar-refractivity contribution in [3.05, 3.63) is 107 Å². The lowest BCUT2D eigenvalue weighted by Crippen LogP contribution is -2.38. The van der Waals surface area contributed by atoms with Crippen molar-refractivity contribution in [1.82, 2.24) is 34.0 Å². The number of rotatable bonds is 6. The summed E-state index contributed by atoms with van der Waals surface area (Å²) in [4.78, 5) is 28.3. The molecule has 43 heavy (non-hydrogen) atoms. The van der Waals surface area contributed by atoms with Crippen LogP contribution >= 0.6 is 0 Å². The summed E-state index contributed by atoms with van der Waals surface area (Å²) < 4.78 is 2.92. The van der Waals surface area contributed by atoms with Gasteiger partial charge in [0.1, 0.15) is 11.9 Å². The van der Waals surface area contributed by atoms with Crippen molar-refractivity contribution in [1.29, 1.82) is 5.26 Å². The molecule has 0 aliphatic carbocycles. The molecule has 7 rings (SSSR count). The van der Waals surface area contributed by atoms with E-state index in [9.17, 15) is 4.79 Å². The molecule has 5 heterocycles. The van der Waals surface area contributed by atoms with Crippen LogP contribution in [0.25, 0.3) is 38.9 Å².